The number of aliphatic hydroxyl groups is 1. The largest absolute Gasteiger partial charge is 0.490 e. The Morgan fingerprint density at radius 3 is 2.50 bits per heavy atom. The number of rotatable bonds is 9. The van der Waals surface area contributed by atoms with E-state index in [1.807, 2.05) is 0 Å². The first kappa shape index (κ1) is 27.0. The van der Waals surface area contributed by atoms with Crippen molar-refractivity contribution in [1.82, 2.24) is 19.5 Å². The molecule has 6 atom stereocenters. The summed E-state index contributed by atoms with van der Waals surface area (Å²) in [4.78, 5) is 57.8. The van der Waals surface area contributed by atoms with Gasteiger partial charge in [-0.1, -0.05) is 6.92 Å². The molecule has 0 spiro atoms. The number of aliphatic hydroxyl groups excluding tert-OH is 1. The van der Waals surface area contributed by atoms with Gasteiger partial charge in [-0.2, -0.15) is 13.6 Å². The normalized spacial score (nSPS) is 29.2. The Morgan fingerprint density at radius 2 is 1.91 bits per heavy atom. The molecule has 0 amide bonds. The average molecular weight is 553 g/mol. The minimum absolute atomic E-state index is 0.194. The smallest absolute Gasteiger partial charge is 0.387 e. The lowest BCUT2D eigenvalue weighted by molar-refractivity contribution is -0.126. The zero-order valence-corrected chi connectivity index (χ0v) is 19.5. The highest BCUT2D eigenvalue weighted by Gasteiger charge is 2.56. The Kier molecular flexibility index (Phi) is 7.25. The number of hydrogen-bond acceptors (Lipinski definition) is 12. The Bertz CT molecular complexity index is 1280. The molecule has 1 fully saturated rings. The summed E-state index contributed by atoms with van der Waals surface area (Å²) in [5.74, 6) is -0.317. The van der Waals surface area contributed by atoms with Crippen LogP contribution < -0.4 is 11.3 Å². The third-order valence-electron chi connectivity index (χ3n) is 4.68. The van der Waals surface area contributed by atoms with Gasteiger partial charge in [-0.05, 0) is 6.42 Å². The van der Waals surface area contributed by atoms with Gasteiger partial charge in [0.1, 0.15) is 11.7 Å². The van der Waals surface area contributed by atoms with Crippen molar-refractivity contribution in [2.24, 2.45) is 0 Å². The number of aromatic amines is 1. The van der Waals surface area contributed by atoms with E-state index in [1.54, 1.807) is 0 Å². The van der Waals surface area contributed by atoms with E-state index in [1.165, 1.54) is 6.92 Å². The van der Waals surface area contributed by atoms with E-state index in [4.69, 9.17) is 20.3 Å². The molecule has 3 rings (SSSR count). The standard InChI is InChI=1S/C12H19FN5O13P3/c1-2-12(3-28-33(24,25)31-34(26,27)30-32(21,22)23)7(19)5(13)10(29-12)18-4-15-6-8(18)16-11(14)17-9(6)20/h4-5,7,10,19H,2-3H2,1H3,(H,24,25)(H,26,27)(H2,21,22,23)(H3,14,16,17,20)/t5-,7+,10-,12-/m1/s1. The Hall–Kier alpha value is -1.59. The number of ether oxygens (including phenoxy) is 1. The van der Waals surface area contributed by atoms with Crippen LogP contribution in [0, 0.1) is 0 Å². The lowest BCUT2D eigenvalue weighted by atomic mass is 9.94. The van der Waals surface area contributed by atoms with Crippen LogP contribution >= 0.6 is 23.5 Å². The number of halogens is 1. The molecule has 0 radical (unpaired) electrons. The van der Waals surface area contributed by atoms with Crippen molar-refractivity contribution in [3.8, 4) is 0 Å². The van der Waals surface area contributed by atoms with Crippen LogP contribution in [0.25, 0.3) is 11.2 Å². The number of imidazole rings is 1. The number of anilines is 1. The molecule has 192 valence electrons. The van der Waals surface area contributed by atoms with E-state index in [0.717, 1.165) is 10.9 Å². The maximum atomic E-state index is 15.1. The molecule has 1 saturated heterocycles. The molecule has 2 aromatic heterocycles. The fourth-order valence-electron chi connectivity index (χ4n) is 3.17. The predicted octanol–water partition coefficient (Wildman–Crippen LogP) is -0.578. The second-order valence-corrected chi connectivity index (χ2v) is 11.4. The first-order valence-corrected chi connectivity index (χ1v) is 13.5. The number of fused-ring (bicyclic) bond motifs is 1. The maximum Gasteiger partial charge on any atom is 0.490 e. The molecule has 0 aliphatic carbocycles. The van der Waals surface area contributed by atoms with Crippen molar-refractivity contribution < 1.29 is 60.6 Å². The molecule has 2 aromatic rings. The number of phosphoric acid groups is 3. The van der Waals surface area contributed by atoms with Crippen molar-refractivity contribution in [3.63, 3.8) is 0 Å². The van der Waals surface area contributed by atoms with Gasteiger partial charge in [0.05, 0.1) is 12.9 Å². The molecule has 1 aliphatic heterocycles. The van der Waals surface area contributed by atoms with E-state index >= 15 is 4.39 Å². The summed E-state index contributed by atoms with van der Waals surface area (Å²) in [6, 6.07) is 0. The van der Waals surface area contributed by atoms with Gasteiger partial charge in [0.2, 0.25) is 5.95 Å². The van der Waals surface area contributed by atoms with E-state index in [0.29, 0.717) is 0 Å². The molecule has 0 bridgehead atoms. The summed E-state index contributed by atoms with van der Waals surface area (Å²) in [6.07, 6.45) is -5.15. The second-order valence-electron chi connectivity index (χ2n) is 6.96. The van der Waals surface area contributed by atoms with Gasteiger partial charge >= 0.3 is 23.5 Å². The van der Waals surface area contributed by atoms with Crippen molar-refractivity contribution in [1.29, 1.82) is 0 Å². The van der Waals surface area contributed by atoms with Crippen LogP contribution in [0.15, 0.2) is 11.1 Å². The number of H-pyrrole nitrogens is 1. The zero-order chi connectivity index (χ0) is 25.7. The summed E-state index contributed by atoms with van der Waals surface area (Å²) < 4.78 is 67.5. The number of alkyl halides is 1. The highest BCUT2D eigenvalue weighted by molar-refractivity contribution is 7.66. The summed E-state index contributed by atoms with van der Waals surface area (Å²) in [6.45, 7) is 0.277. The summed E-state index contributed by atoms with van der Waals surface area (Å²) in [5, 5.41) is 10.5. The van der Waals surface area contributed by atoms with Gasteiger partial charge in [0.15, 0.2) is 23.6 Å². The van der Waals surface area contributed by atoms with Crippen LogP contribution in [-0.4, -0.2) is 68.7 Å². The Balaban J connectivity index is 1.83. The summed E-state index contributed by atoms with van der Waals surface area (Å²) in [5.41, 5.74) is 2.30. The number of nitrogen functional groups attached to an aromatic ring is 1. The first-order chi connectivity index (χ1) is 15.5. The molecule has 2 unspecified atom stereocenters. The van der Waals surface area contributed by atoms with E-state index in [9.17, 15) is 33.4 Å². The molecule has 8 N–H and O–H groups in total. The lowest BCUT2D eigenvalue weighted by Gasteiger charge is -2.30. The summed E-state index contributed by atoms with van der Waals surface area (Å²) in [7, 11) is -17.0. The van der Waals surface area contributed by atoms with Crippen LogP contribution in [0.3, 0.4) is 0 Å². The number of nitrogens with zero attached hydrogens (tertiary/aromatic N) is 3. The molecular formula is C12H19FN5O13P3. The van der Waals surface area contributed by atoms with Gasteiger partial charge in [-0.15, -0.1) is 0 Å². The number of phosphoric ester groups is 1. The molecule has 22 heteroatoms. The predicted molar refractivity (Wildman–Crippen MR) is 106 cm³/mol. The van der Waals surface area contributed by atoms with Gasteiger partial charge in [0.25, 0.3) is 5.56 Å². The van der Waals surface area contributed by atoms with E-state index < -0.39 is 59.7 Å². The van der Waals surface area contributed by atoms with Crippen molar-refractivity contribution >= 4 is 40.6 Å². The maximum absolute atomic E-state index is 15.1. The van der Waals surface area contributed by atoms with Gasteiger partial charge < -0.3 is 35.2 Å². The molecule has 0 saturated carbocycles. The third-order valence-corrected chi connectivity index (χ3v) is 8.46. The molecule has 0 aromatic carbocycles. The SMILES string of the molecule is CC[C@]1(COP(=O)(O)OP(=O)(O)OP(=O)(O)O)O[C@@H](n2cnc3c(=O)[nH]c(N)nc32)[C@H](F)[C@@H]1O. The third kappa shape index (κ3) is 5.62. The van der Waals surface area contributed by atoms with Crippen LogP contribution in [0.4, 0.5) is 10.3 Å². The Morgan fingerprint density at radius 1 is 1.26 bits per heavy atom. The fourth-order valence-corrected chi connectivity index (χ4v) is 6.25. The van der Waals surface area contributed by atoms with Crippen LogP contribution in [0.2, 0.25) is 0 Å². The second kappa shape index (κ2) is 9.13. The monoisotopic (exact) mass is 553 g/mol. The van der Waals surface area contributed by atoms with Gasteiger partial charge in [-0.3, -0.25) is 18.9 Å². The lowest BCUT2D eigenvalue weighted by Crippen LogP contribution is -2.45. The van der Waals surface area contributed by atoms with Crippen molar-refractivity contribution in [2.75, 3.05) is 12.3 Å². The van der Waals surface area contributed by atoms with Crippen LogP contribution in [-0.2, 0) is 31.6 Å². The molecule has 34 heavy (non-hydrogen) atoms. The molecule has 1 aliphatic rings. The zero-order valence-electron chi connectivity index (χ0n) is 16.9. The quantitative estimate of drug-likeness (QED) is 0.191. The number of hydrogen-bond donors (Lipinski definition) is 7. The average Bonchev–Trinajstić information content (AvgIpc) is 3.18. The van der Waals surface area contributed by atoms with Crippen LogP contribution in [0.5, 0.6) is 0 Å². The van der Waals surface area contributed by atoms with Crippen LogP contribution in [0.1, 0.15) is 19.6 Å². The molecular weight excluding hydrogens is 534 g/mol. The van der Waals surface area contributed by atoms with E-state index in [2.05, 4.69) is 28.1 Å². The molecule has 18 nitrogen and oxygen atoms in total. The number of nitrogens with one attached hydrogen (secondary N) is 1. The number of nitrogens with two attached hydrogens (primary N) is 1. The van der Waals surface area contributed by atoms with Gasteiger partial charge in [-0.25, -0.2) is 23.1 Å². The Labute approximate surface area is 187 Å². The molecule has 3 heterocycles. The number of aromatic nitrogens is 4. The summed E-state index contributed by atoms with van der Waals surface area (Å²) >= 11 is 0. The highest BCUT2D eigenvalue weighted by atomic mass is 31.3. The minimum Gasteiger partial charge on any atom is -0.387 e. The topological polar surface area (TPSA) is 279 Å². The van der Waals surface area contributed by atoms with Crippen molar-refractivity contribution in [3.05, 3.63) is 16.7 Å². The van der Waals surface area contributed by atoms with Crippen molar-refractivity contribution in [2.45, 2.75) is 37.4 Å². The minimum atomic E-state index is -5.79. The van der Waals surface area contributed by atoms with E-state index in [-0.39, 0.29) is 23.5 Å². The highest BCUT2D eigenvalue weighted by Crippen LogP contribution is 2.66. The first-order valence-electron chi connectivity index (χ1n) is 9.00. The van der Waals surface area contributed by atoms with Gasteiger partial charge in [0, 0.05) is 0 Å². The fraction of sp³-hybridized carbons (Fsp3) is 0.583.